The van der Waals surface area contributed by atoms with Gasteiger partial charge in [-0.3, -0.25) is 4.79 Å². The first-order chi connectivity index (χ1) is 7.16. The highest BCUT2D eigenvalue weighted by Gasteiger charge is 2.24. The molecular formula is C12H16N2O. The predicted molar refractivity (Wildman–Crippen MR) is 60.5 cm³/mol. The fourth-order valence-electron chi connectivity index (χ4n) is 2.09. The quantitative estimate of drug-likeness (QED) is 0.706. The minimum Gasteiger partial charge on any atom is -0.399 e. The van der Waals surface area contributed by atoms with Crippen LogP contribution in [0.15, 0.2) is 24.3 Å². The highest BCUT2D eigenvalue weighted by Crippen LogP contribution is 2.27. The Bertz CT molecular complexity index is 358. The molecule has 3 heteroatoms. The number of nitrogen functional groups attached to an aromatic ring is 1. The van der Waals surface area contributed by atoms with Crippen molar-refractivity contribution in [2.45, 2.75) is 19.3 Å². The summed E-state index contributed by atoms with van der Waals surface area (Å²) in [4.78, 5) is 13.1. The lowest BCUT2D eigenvalue weighted by Crippen LogP contribution is -2.25. The van der Waals surface area contributed by atoms with Gasteiger partial charge in [-0.1, -0.05) is 12.1 Å². The van der Waals surface area contributed by atoms with Crippen molar-refractivity contribution in [2.24, 2.45) is 0 Å². The summed E-state index contributed by atoms with van der Waals surface area (Å²) in [6.07, 6.45) is 1.06. The van der Waals surface area contributed by atoms with Gasteiger partial charge in [0, 0.05) is 31.6 Å². The first-order valence-corrected chi connectivity index (χ1v) is 5.28. The summed E-state index contributed by atoms with van der Waals surface area (Å²) < 4.78 is 0. The lowest BCUT2D eigenvalue weighted by Gasteiger charge is -2.14. The van der Waals surface area contributed by atoms with Gasteiger partial charge in [0.2, 0.25) is 5.91 Å². The molecule has 15 heavy (non-hydrogen) atoms. The maximum Gasteiger partial charge on any atom is 0.219 e. The van der Waals surface area contributed by atoms with Gasteiger partial charge in [0.1, 0.15) is 0 Å². The largest absolute Gasteiger partial charge is 0.399 e. The summed E-state index contributed by atoms with van der Waals surface area (Å²) in [6, 6.07) is 7.96. The molecule has 0 radical (unpaired) electrons. The Morgan fingerprint density at radius 2 is 2.07 bits per heavy atom. The van der Waals surface area contributed by atoms with Crippen LogP contribution in [-0.4, -0.2) is 23.9 Å². The van der Waals surface area contributed by atoms with Crippen LogP contribution < -0.4 is 5.73 Å². The Kier molecular flexibility index (Phi) is 2.62. The van der Waals surface area contributed by atoms with E-state index >= 15 is 0 Å². The number of amides is 1. The van der Waals surface area contributed by atoms with Gasteiger partial charge < -0.3 is 10.6 Å². The van der Waals surface area contributed by atoms with Gasteiger partial charge in [-0.25, -0.2) is 0 Å². The zero-order chi connectivity index (χ0) is 10.8. The number of hydrogen-bond donors (Lipinski definition) is 1. The predicted octanol–water partition coefficient (Wildman–Crippen LogP) is 1.60. The summed E-state index contributed by atoms with van der Waals surface area (Å²) in [5, 5.41) is 0. The van der Waals surface area contributed by atoms with Gasteiger partial charge in [-0.2, -0.15) is 0 Å². The molecular weight excluding hydrogens is 188 g/mol. The standard InChI is InChI=1S/C12H16N2O/c1-9(15)14-7-6-11(8-14)10-2-4-12(13)5-3-10/h2-5,11H,6-8,13H2,1H3. The summed E-state index contributed by atoms with van der Waals surface area (Å²) in [5.74, 6) is 0.655. The molecule has 3 nitrogen and oxygen atoms in total. The van der Waals surface area contributed by atoms with E-state index in [0.29, 0.717) is 5.92 Å². The molecule has 1 aromatic carbocycles. The number of nitrogens with zero attached hydrogens (tertiary/aromatic N) is 1. The molecule has 0 spiro atoms. The van der Waals surface area contributed by atoms with E-state index in [9.17, 15) is 4.79 Å². The van der Waals surface area contributed by atoms with E-state index in [-0.39, 0.29) is 5.91 Å². The molecule has 80 valence electrons. The van der Waals surface area contributed by atoms with Crippen molar-refractivity contribution in [3.63, 3.8) is 0 Å². The molecule has 1 atom stereocenters. The summed E-state index contributed by atoms with van der Waals surface area (Å²) in [6.45, 7) is 3.36. The van der Waals surface area contributed by atoms with Gasteiger partial charge in [0.15, 0.2) is 0 Å². The van der Waals surface area contributed by atoms with E-state index < -0.39 is 0 Å². The minimum absolute atomic E-state index is 0.174. The molecule has 0 aromatic heterocycles. The number of nitrogens with two attached hydrogens (primary N) is 1. The van der Waals surface area contributed by atoms with Crippen LogP contribution in [0.5, 0.6) is 0 Å². The highest BCUT2D eigenvalue weighted by atomic mass is 16.2. The number of anilines is 1. The minimum atomic E-state index is 0.174. The van der Waals surface area contributed by atoms with Crippen molar-refractivity contribution < 1.29 is 4.79 Å². The van der Waals surface area contributed by atoms with Crippen LogP contribution in [0.4, 0.5) is 5.69 Å². The number of carbonyl (C=O) groups excluding carboxylic acids is 1. The van der Waals surface area contributed by atoms with E-state index in [0.717, 1.165) is 25.2 Å². The van der Waals surface area contributed by atoms with E-state index in [1.54, 1.807) is 6.92 Å². The van der Waals surface area contributed by atoms with E-state index in [4.69, 9.17) is 5.73 Å². The normalized spacial score (nSPS) is 20.6. The molecule has 0 saturated carbocycles. The molecule has 0 bridgehead atoms. The maximum atomic E-state index is 11.2. The summed E-state index contributed by atoms with van der Waals surface area (Å²) in [7, 11) is 0. The first kappa shape index (κ1) is 10.0. The Morgan fingerprint density at radius 1 is 1.40 bits per heavy atom. The van der Waals surface area contributed by atoms with Crippen LogP contribution in [0.2, 0.25) is 0 Å². The van der Waals surface area contributed by atoms with Crippen molar-refractivity contribution in [1.82, 2.24) is 4.90 Å². The second-order valence-electron chi connectivity index (χ2n) is 4.12. The van der Waals surface area contributed by atoms with Gasteiger partial charge in [0.25, 0.3) is 0 Å². The van der Waals surface area contributed by atoms with Gasteiger partial charge in [-0.05, 0) is 24.1 Å². The summed E-state index contributed by atoms with van der Waals surface area (Å²) in [5.41, 5.74) is 7.71. The smallest absolute Gasteiger partial charge is 0.219 e. The van der Waals surface area contributed by atoms with Gasteiger partial charge in [0.05, 0.1) is 0 Å². The van der Waals surface area contributed by atoms with Crippen LogP contribution in [0.3, 0.4) is 0 Å². The molecule has 1 amide bonds. The monoisotopic (exact) mass is 204 g/mol. The van der Waals surface area contributed by atoms with E-state index in [1.807, 2.05) is 17.0 Å². The average molecular weight is 204 g/mol. The number of carbonyl (C=O) groups is 1. The second kappa shape index (κ2) is 3.93. The van der Waals surface area contributed by atoms with Crippen molar-refractivity contribution in [1.29, 1.82) is 0 Å². The van der Waals surface area contributed by atoms with Gasteiger partial charge >= 0.3 is 0 Å². The van der Waals surface area contributed by atoms with Crippen LogP contribution >= 0.6 is 0 Å². The average Bonchev–Trinajstić information content (AvgIpc) is 2.68. The highest BCUT2D eigenvalue weighted by molar-refractivity contribution is 5.73. The Labute approximate surface area is 89.9 Å². The molecule has 1 saturated heterocycles. The lowest BCUT2D eigenvalue weighted by atomic mass is 9.98. The topological polar surface area (TPSA) is 46.3 Å². The molecule has 1 heterocycles. The van der Waals surface area contributed by atoms with Crippen LogP contribution in [0.1, 0.15) is 24.8 Å². The second-order valence-corrected chi connectivity index (χ2v) is 4.12. The van der Waals surface area contributed by atoms with Crippen molar-refractivity contribution in [2.75, 3.05) is 18.8 Å². The fraction of sp³-hybridized carbons (Fsp3) is 0.417. The lowest BCUT2D eigenvalue weighted by molar-refractivity contribution is -0.127. The molecule has 1 fully saturated rings. The number of likely N-dealkylation sites (tertiary alicyclic amines) is 1. The number of rotatable bonds is 1. The molecule has 1 aromatic rings. The Morgan fingerprint density at radius 3 is 2.60 bits per heavy atom. The third-order valence-electron chi connectivity index (χ3n) is 3.04. The summed E-state index contributed by atoms with van der Waals surface area (Å²) >= 11 is 0. The first-order valence-electron chi connectivity index (χ1n) is 5.28. The Hall–Kier alpha value is -1.51. The van der Waals surface area contributed by atoms with Crippen molar-refractivity contribution in [3.8, 4) is 0 Å². The molecule has 1 aliphatic rings. The molecule has 0 aliphatic carbocycles. The van der Waals surface area contributed by atoms with E-state index in [2.05, 4.69) is 12.1 Å². The maximum absolute atomic E-state index is 11.2. The van der Waals surface area contributed by atoms with Gasteiger partial charge in [-0.15, -0.1) is 0 Å². The van der Waals surface area contributed by atoms with Crippen LogP contribution in [0, 0.1) is 0 Å². The zero-order valence-electron chi connectivity index (χ0n) is 8.94. The van der Waals surface area contributed by atoms with Crippen molar-refractivity contribution >= 4 is 11.6 Å². The molecule has 1 aliphatic heterocycles. The van der Waals surface area contributed by atoms with Crippen LogP contribution in [-0.2, 0) is 4.79 Å². The third-order valence-corrected chi connectivity index (χ3v) is 3.04. The number of hydrogen-bond acceptors (Lipinski definition) is 2. The third kappa shape index (κ3) is 2.12. The SMILES string of the molecule is CC(=O)N1CCC(c2ccc(N)cc2)C1. The van der Waals surface area contributed by atoms with Crippen molar-refractivity contribution in [3.05, 3.63) is 29.8 Å². The molecule has 2 N–H and O–H groups in total. The Balaban J connectivity index is 2.07. The number of benzene rings is 1. The molecule has 1 unspecified atom stereocenters. The zero-order valence-corrected chi connectivity index (χ0v) is 8.94. The fourth-order valence-corrected chi connectivity index (χ4v) is 2.09. The van der Waals surface area contributed by atoms with Crippen LogP contribution in [0.25, 0.3) is 0 Å². The molecule has 2 rings (SSSR count). The van der Waals surface area contributed by atoms with E-state index in [1.165, 1.54) is 5.56 Å².